The summed E-state index contributed by atoms with van der Waals surface area (Å²) in [5, 5.41) is 23.6. The first-order chi connectivity index (χ1) is 23.7. The van der Waals surface area contributed by atoms with Crippen LogP contribution in [0.4, 0.5) is 5.69 Å². The number of carbonyl (C=O) groups is 4. The molecule has 3 atom stereocenters. The van der Waals surface area contributed by atoms with Gasteiger partial charge in [-0.05, 0) is 49.6 Å². The lowest BCUT2D eigenvalue weighted by molar-refractivity contribution is -0.187. The topological polar surface area (TPSA) is 144 Å². The number of ether oxygens (including phenoxy) is 1. The second kappa shape index (κ2) is 10.1. The lowest BCUT2D eigenvalue weighted by Crippen LogP contribution is -2.59. The molecular formula is C38H31N5O6. The molecule has 0 radical (unpaired) electrons. The number of aryl methyl sites for hydroxylation is 1. The van der Waals surface area contributed by atoms with Crippen LogP contribution >= 0.6 is 0 Å². The summed E-state index contributed by atoms with van der Waals surface area (Å²) < 4.78 is 10.7. The number of fused-ring (bicyclic) bond motifs is 13. The van der Waals surface area contributed by atoms with Gasteiger partial charge in [-0.2, -0.15) is 0 Å². The number of imide groups is 1. The van der Waals surface area contributed by atoms with E-state index in [1.807, 2.05) is 81.9 Å². The largest absolute Gasteiger partial charge is 0.376 e. The van der Waals surface area contributed by atoms with Gasteiger partial charge in [0.05, 0.1) is 33.2 Å². The first-order valence-electron chi connectivity index (χ1n) is 16.3. The van der Waals surface area contributed by atoms with Crippen molar-refractivity contribution in [1.29, 1.82) is 0 Å². The van der Waals surface area contributed by atoms with E-state index in [9.17, 15) is 24.3 Å². The molecule has 3 aliphatic heterocycles. The van der Waals surface area contributed by atoms with E-state index in [1.165, 1.54) is 6.08 Å². The minimum absolute atomic E-state index is 0.0603. The van der Waals surface area contributed by atoms with Gasteiger partial charge in [-0.15, -0.1) is 0 Å². The molecule has 0 spiro atoms. The minimum Gasteiger partial charge on any atom is -0.376 e. The van der Waals surface area contributed by atoms with Gasteiger partial charge in [-0.3, -0.25) is 24.5 Å². The predicted molar refractivity (Wildman–Crippen MR) is 184 cm³/mol. The number of carbonyl (C=O) groups excluding carboxylic acids is 4. The molecule has 6 aromatic rings. The van der Waals surface area contributed by atoms with Crippen LogP contribution in [0.5, 0.6) is 0 Å². The van der Waals surface area contributed by atoms with E-state index in [1.54, 1.807) is 6.92 Å². The molecule has 4 aromatic carbocycles. The summed E-state index contributed by atoms with van der Waals surface area (Å²) in [7, 11) is 0. The Labute approximate surface area is 279 Å². The average molecular weight is 654 g/mol. The van der Waals surface area contributed by atoms with Crippen molar-refractivity contribution < 1.29 is 29.0 Å². The minimum atomic E-state index is -2.03. The fourth-order valence-electron chi connectivity index (χ4n) is 8.34. The Hall–Kier alpha value is -5.78. The molecule has 11 heteroatoms. The van der Waals surface area contributed by atoms with Crippen LogP contribution in [0, 0.1) is 0 Å². The number of aliphatic hydroxyl groups is 1. The average Bonchev–Trinajstić information content (AvgIpc) is 3.77. The van der Waals surface area contributed by atoms with Crippen molar-refractivity contribution in [3.63, 3.8) is 0 Å². The number of para-hydroxylation sites is 3. The highest BCUT2D eigenvalue weighted by Crippen LogP contribution is 2.57. The van der Waals surface area contributed by atoms with Crippen LogP contribution in [0.3, 0.4) is 0 Å². The van der Waals surface area contributed by atoms with Crippen molar-refractivity contribution in [2.24, 2.45) is 0 Å². The Morgan fingerprint density at radius 1 is 0.959 bits per heavy atom. The third-order valence-corrected chi connectivity index (χ3v) is 10.5. The van der Waals surface area contributed by atoms with Crippen LogP contribution in [-0.4, -0.2) is 50.0 Å². The Kier molecular flexibility index (Phi) is 6.06. The molecule has 2 bridgehead atoms. The van der Waals surface area contributed by atoms with Gasteiger partial charge in [0.15, 0.2) is 11.3 Å². The highest BCUT2D eigenvalue weighted by Gasteiger charge is 2.65. The third kappa shape index (κ3) is 3.74. The zero-order chi connectivity index (χ0) is 33.8. The molecule has 4 N–H and O–H groups in total. The van der Waals surface area contributed by atoms with E-state index in [2.05, 4.69) is 22.5 Å². The summed E-state index contributed by atoms with van der Waals surface area (Å²) >= 11 is 0. The standard InChI is InChI=1S/C38H31N5O6/c1-3-26(44)40-23-15-7-4-11-20(23)12-10-18-39-36(47)38(48)19-27-42-24-16-8-5-13-21(24)28-30-31(35(46)41-34(30)45)29-22-14-6-9-17-25(22)43(33(29)32(28)42)37(38,2)49-27/h3-9,11,13-17,27,48H,1,10,12,18-19H2,2H3,(H,39,47)(H,40,44)(H,41,45,46)/t27?,37-,38-/m0/s1. The van der Waals surface area contributed by atoms with Gasteiger partial charge < -0.3 is 29.6 Å². The molecule has 244 valence electrons. The van der Waals surface area contributed by atoms with Gasteiger partial charge in [0.25, 0.3) is 17.7 Å². The highest BCUT2D eigenvalue weighted by atomic mass is 16.6. The number of nitrogens with zero attached hydrogens (tertiary/aromatic N) is 2. The van der Waals surface area contributed by atoms with Gasteiger partial charge in [-0.1, -0.05) is 61.2 Å². The Balaban J connectivity index is 1.17. The maximum absolute atomic E-state index is 14.3. The molecule has 1 saturated heterocycles. The summed E-state index contributed by atoms with van der Waals surface area (Å²) in [6.07, 6.45) is 1.49. The van der Waals surface area contributed by atoms with Crippen LogP contribution in [0.15, 0.2) is 85.5 Å². The number of rotatable bonds is 7. The molecule has 9 rings (SSSR count). The maximum Gasteiger partial charge on any atom is 0.259 e. The number of amides is 4. The summed E-state index contributed by atoms with van der Waals surface area (Å²) in [5.74, 6) is -1.83. The molecule has 1 fully saturated rings. The lowest BCUT2D eigenvalue weighted by atomic mass is 9.87. The summed E-state index contributed by atoms with van der Waals surface area (Å²) in [6, 6.07) is 22.5. The number of anilines is 1. The monoisotopic (exact) mass is 653 g/mol. The molecule has 2 aromatic heterocycles. The number of benzene rings is 4. The maximum atomic E-state index is 14.3. The number of hydrogen-bond donors (Lipinski definition) is 4. The first-order valence-corrected chi connectivity index (χ1v) is 16.3. The quantitative estimate of drug-likeness (QED) is 0.109. The van der Waals surface area contributed by atoms with E-state index in [0.29, 0.717) is 51.3 Å². The molecule has 4 amide bonds. The van der Waals surface area contributed by atoms with E-state index in [-0.39, 0.29) is 24.4 Å². The van der Waals surface area contributed by atoms with E-state index in [0.717, 1.165) is 22.0 Å². The van der Waals surface area contributed by atoms with Crippen LogP contribution < -0.4 is 16.0 Å². The predicted octanol–water partition coefficient (Wildman–Crippen LogP) is 5.00. The zero-order valence-corrected chi connectivity index (χ0v) is 26.5. The Morgan fingerprint density at radius 2 is 1.59 bits per heavy atom. The molecule has 5 heterocycles. The summed E-state index contributed by atoms with van der Waals surface area (Å²) in [6.45, 7) is 5.49. The van der Waals surface area contributed by atoms with Crippen LogP contribution in [0.25, 0.3) is 43.6 Å². The molecular weight excluding hydrogens is 622 g/mol. The van der Waals surface area contributed by atoms with Crippen molar-refractivity contribution in [3.05, 3.63) is 102 Å². The summed E-state index contributed by atoms with van der Waals surface area (Å²) in [5.41, 5.74) is 1.30. The Bertz CT molecular complexity index is 2510. The van der Waals surface area contributed by atoms with Gasteiger partial charge in [0.2, 0.25) is 5.91 Å². The van der Waals surface area contributed by atoms with E-state index in [4.69, 9.17) is 4.74 Å². The molecule has 49 heavy (non-hydrogen) atoms. The van der Waals surface area contributed by atoms with Crippen molar-refractivity contribution in [2.75, 3.05) is 11.9 Å². The van der Waals surface area contributed by atoms with Gasteiger partial charge in [-0.25, -0.2) is 0 Å². The number of nitrogens with one attached hydrogen (secondary N) is 3. The van der Waals surface area contributed by atoms with Crippen molar-refractivity contribution in [1.82, 2.24) is 19.8 Å². The smallest absolute Gasteiger partial charge is 0.259 e. The first kappa shape index (κ1) is 29.4. The molecule has 1 unspecified atom stereocenters. The third-order valence-electron chi connectivity index (χ3n) is 10.5. The van der Waals surface area contributed by atoms with Crippen LogP contribution in [-0.2, 0) is 26.5 Å². The number of aromatic nitrogens is 2. The molecule has 0 saturated carbocycles. The molecule has 3 aliphatic rings. The summed E-state index contributed by atoms with van der Waals surface area (Å²) in [4.78, 5) is 53.2. The van der Waals surface area contributed by atoms with Crippen LogP contribution in [0.1, 0.15) is 52.3 Å². The van der Waals surface area contributed by atoms with Crippen LogP contribution in [0.2, 0.25) is 0 Å². The van der Waals surface area contributed by atoms with Crippen molar-refractivity contribution in [2.45, 2.75) is 43.7 Å². The second-order valence-corrected chi connectivity index (χ2v) is 13.0. The molecule has 0 aliphatic carbocycles. The SMILES string of the molecule is C=CC(=O)Nc1ccccc1CCCNC(=O)[C@@]1(O)CC2O[C@]1(C)n1c3ccccc3c3c4c(c5c6ccccc6n2c5c31)C(=O)NC4=O. The van der Waals surface area contributed by atoms with Gasteiger partial charge >= 0.3 is 0 Å². The zero-order valence-electron chi connectivity index (χ0n) is 26.5. The number of hydrogen-bond acceptors (Lipinski definition) is 6. The highest BCUT2D eigenvalue weighted by molar-refractivity contribution is 6.39. The second-order valence-electron chi connectivity index (χ2n) is 13.0. The fraction of sp³-hybridized carbons (Fsp3) is 0.211. The lowest BCUT2D eigenvalue weighted by Gasteiger charge is -2.38. The van der Waals surface area contributed by atoms with Crippen molar-refractivity contribution >= 4 is 72.9 Å². The van der Waals surface area contributed by atoms with Crippen molar-refractivity contribution in [3.8, 4) is 0 Å². The molecule has 11 nitrogen and oxygen atoms in total. The fourth-order valence-corrected chi connectivity index (χ4v) is 8.34. The normalized spacial score (nSPS) is 22.2. The van der Waals surface area contributed by atoms with Gasteiger partial charge in [0, 0.05) is 40.2 Å². The van der Waals surface area contributed by atoms with Gasteiger partial charge in [0.1, 0.15) is 6.23 Å². The Morgan fingerprint density at radius 3 is 2.33 bits per heavy atom. The van der Waals surface area contributed by atoms with E-state index < -0.39 is 35.3 Å². The van der Waals surface area contributed by atoms with E-state index >= 15 is 0 Å².